The fourth-order valence-corrected chi connectivity index (χ4v) is 21.6. The van der Waals surface area contributed by atoms with Crippen LogP contribution in [0.2, 0.25) is 0 Å². The van der Waals surface area contributed by atoms with Gasteiger partial charge >= 0.3 is 0 Å². The second-order valence-corrected chi connectivity index (χ2v) is 35.2. The molecule has 0 aliphatic heterocycles. The fraction of sp³-hybridized carbons (Fsp3) is 0. The molecule has 6 heterocycles. The Hall–Kier alpha value is -18.2. The van der Waals surface area contributed by atoms with Gasteiger partial charge in [-0.2, -0.15) is 0 Å². The number of fused-ring (bicyclic) bond motifs is 38. The van der Waals surface area contributed by atoms with Gasteiger partial charge in [0.25, 0.3) is 0 Å². The van der Waals surface area contributed by atoms with E-state index in [4.69, 9.17) is 43.2 Å². The zero-order valence-electron chi connectivity index (χ0n) is 72.5. The zero-order chi connectivity index (χ0) is 88.5. The third kappa shape index (κ3) is 12.1. The first-order valence-electron chi connectivity index (χ1n) is 45.8. The van der Waals surface area contributed by atoms with Crippen LogP contribution in [0.15, 0.2) is 450 Å². The van der Waals surface area contributed by atoms with Crippen LogP contribution >= 0.6 is 0 Å². The molecule has 6 aromatic heterocycles. The minimum atomic E-state index is 0.717. The second kappa shape index (κ2) is 30.2. The Kier molecular flexibility index (Phi) is 17.0. The van der Waals surface area contributed by atoms with Crippen LogP contribution in [0.5, 0.6) is 0 Å². The summed E-state index contributed by atoms with van der Waals surface area (Å²) in [6.45, 7) is 0. The highest BCUT2D eigenvalue weighted by atomic mass is 16.3. The Bertz CT molecular complexity index is 10300. The lowest BCUT2D eigenvalue weighted by molar-refractivity contribution is 0.669. The third-order valence-corrected chi connectivity index (χ3v) is 27.7. The van der Waals surface area contributed by atoms with E-state index in [2.05, 4.69) is 382 Å². The predicted octanol–water partition coefficient (Wildman–Crippen LogP) is 34.4. The van der Waals surface area contributed by atoms with Gasteiger partial charge in [-0.15, -0.1) is 0 Å². The molecular formula is C126H72N6O3. The monoisotopic (exact) mass is 1720 g/mol. The Balaban J connectivity index is 0.000000101. The molecule has 24 aromatic carbocycles. The summed E-state index contributed by atoms with van der Waals surface area (Å²) in [6, 6.07) is 154. The van der Waals surface area contributed by atoms with Crippen molar-refractivity contribution in [2.24, 2.45) is 0 Å². The molecule has 0 radical (unpaired) electrons. The normalized spacial score (nSPS) is 12.0. The van der Waals surface area contributed by atoms with Gasteiger partial charge in [-0.25, -0.2) is 29.9 Å². The van der Waals surface area contributed by atoms with E-state index < -0.39 is 0 Å². The first-order valence-corrected chi connectivity index (χ1v) is 45.8. The topological polar surface area (TPSA) is 117 Å². The van der Waals surface area contributed by atoms with E-state index in [0.717, 1.165) is 188 Å². The minimum Gasteiger partial charge on any atom is -0.456 e. The smallest absolute Gasteiger partial charge is 0.160 e. The van der Waals surface area contributed by atoms with Crippen molar-refractivity contribution in [1.29, 1.82) is 0 Å². The van der Waals surface area contributed by atoms with E-state index in [1.807, 2.05) is 54.6 Å². The molecule has 9 nitrogen and oxygen atoms in total. The number of para-hydroxylation sites is 3. The van der Waals surface area contributed by atoms with E-state index in [-0.39, 0.29) is 0 Å². The summed E-state index contributed by atoms with van der Waals surface area (Å²) in [5, 5.41) is 38.6. The van der Waals surface area contributed by atoms with Crippen LogP contribution in [0.4, 0.5) is 0 Å². The first kappa shape index (κ1) is 75.8. The van der Waals surface area contributed by atoms with Gasteiger partial charge in [0, 0.05) is 92.6 Å². The van der Waals surface area contributed by atoms with E-state index in [9.17, 15) is 0 Å². The Labute approximate surface area is 770 Å². The first-order chi connectivity index (χ1) is 66.9. The number of benzene rings is 24. The van der Waals surface area contributed by atoms with Crippen molar-refractivity contribution >= 4 is 228 Å². The third-order valence-electron chi connectivity index (χ3n) is 27.7. The number of nitrogens with zero attached hydrogens (tertiary/aromatic N) is 6. The summed E-state index contributed by atoms with van der Waals surface area (Å²) in [5.41, 5.74) is 17.4. The number of hydrogen-bond acceptors (Lipinski definition) is 9. The molecule has 0 aliphatic rings. The summed E-state index contributed by atoms with van der Waals surface area (Å²) in [4.78, 5) is 31.4. The average Bonchev–Trinajstić information content (AvgIpc) is 1.62. The number of hydrogen-bond donors (Lipinski definition) is 0. The highest BCUT2D eigenvalue weighted by molar-refractivity contribution is 6.37. The molecule has 30 aromatic rings. The molecule has 0 atom stereocenters. The van der Waals surface area contributed by atoms with E-state index in [0.29, 0.717) is 0 Å². The van der Waals surface area contributed by atoms with Crippen molar-refractivity contribution in [3.05, 3.63) is 437 Å². The maximum Gasteiger partial charge on any atom is 0.160 e. The van der Waals surface area contributed by atoms with Gasteiger partial charge in [0.15, 0.2) is 17.5 Å². The highest BCUT2D eigenvalue weighted by Crippen LogP contribution is 2.49. The molecule has 0 unspecified atom stereocenters. The Morgan fingerprint density at radius 3 is 0.911 bits per heavy atom. The van der Waals surface area contributed by atoms with Crippen LogP contribution in [-0.4, -0.2) is 29.9 Å². The minimum absolute atomic E-state index is 0.717. The molecule has 0 spiro atoms. The number of furan rings is 3. The standard InChI is InChI=1S/3C42H24N2O/c1-2-11-26(12-3-1)40-39-28-13-5-4-10-25(28)19-23-36(39)43-42(44-40)27-18-20-30-33-21-22-34-31-15-8-9-17-37(31)45-41(34)38(33)32-16-7-6-14-29(32)35(30)24-27;1-2-11-26(12-3-1)41-39-28-13-5-4-10-25(28)19-22-35(39)43-42(44-41)27-18-20-32-34(24-27)30-15-7-6-14-29(30)31-21-23-37-40(38(31)32)33-16-8-9-17-36(33)45-37;1-2-11-26(12-3-1)41-40-28-13-5-4-10-25(28)19-21-37(40)43-42(44-41)27-18-20-31-33(22-27)29-14-6-7-15-30(29)35-24-39-36(23-34(31)35)32-16-8-9-17-38(32)45-39/h3*1-24H. The van der Waals surface area contributed by atoms with Crippen LogP contribution in [0, 0.1) is 0 Å². The van der Waals surface area contributed by atoms with Crippen molar-refractivity contribution in [3.8, 4) is 67.9 Å². The quantitative estimate of drug-likeness (QED) is 0.150. The molecule has 0 amide bonds. The fourth-order valence-electron chi connectivity index (χ4n) is 21.6. The Morgan fingerprint density at radius 2 is 0.430 bits per heavy atom. The highest BCUT2D eigenvalue weighted by Gasteiger charge is 2.25. The van der Waals surface area contributed by atoms with Gasteiger partial charge in [0.2, 0.25) is 0 Å². The van der Waals surface area contributed by atoms with Gasteiger partial charge in [0.1, 0.15) is 33.5 Å². The second-order valence-electron chi connectivity index (χ2n) is 35.2. The van der Waals surface area contributed by atoms with Crippen molar-refractivity contribution in [3.63, 3.8) is 0 Å². The summed E-state index contributed by atoms with van der Waals surface area (Å²) in [5.74, 6) is 2.16. The number of aromatic nitrogens is 6. The maximum absolute atomic E-state index is 6.52. The lowest BCUT2D eigenvalue weighted by Crippen LogP contribution is -1.96. The molecule has 9 heteroatoms. The van der Waals surface area contributed by atoms with Crippen LogP contribution in [0.1, 0.15) is 0 Å². The molecule has 0 bridgehead atoms. The van der Waals surface area contributed by atoms with Gasteiger partial charge in [-0.3, -0.25) is 0 Å². The summed E-state index contributed by atoms with van der Waals surface area (Å²) >= 11 is 0. The van der Waals surface area contributed by atoms with Crippen LogP contribution in [0.25, 0.3) is 296 Å². The van der Waals surface area contributed by atoms with Gasteiger partial charge in [-0.1, -0.05) is 352 Å². The van der Waals surface area contributed by atoms with Crippen molar-refractivity contribution in [2.75, 3.05) is 0 Å². The molecule has 0 saturated carbocycles. The van der Waals surface area contributed by atoms with E-state index >= 15 is 0 Å². The predicted molar refractivity (Wildman–Crippen MR) is 563 cm³/mol. The molecular weight excluding hydrogens is 1650 g/mol. The van der Waals surface area contributed by atoms with Crippen molar-refractivity contribution in [1.82, 2.24) is 29.9 Å². The van der Waals surface area contributed by atoms with Crippen molar-refractivity contribution in [2.45, 2.75) is 0 Å². The molecule has 0 fully saturated rings. The van der Waals surface area contributed by atoms with Crippen LogP contribution in [-0.2, 0) is 0 Å². The summed E-state index contributed by atoms with van der Waals surface area (Å²) in [6.07, 6.45) is 0. The largest absolute Gasteiger partial charge is 0.456 e. The van der Waals surface area contributed by atoms with Gasteiger partial charge in [-0.05, 0) is 203 Å². The van der Waals surface area contributed by atoms with Gasteiger partial charge < -0.3 is 13.3 Å². The van der Waals surface area contributed by atoms with Crippen LogP contribution < -0.4 is 0 Å². The van der Waals surface area contributed by atoms with Crippen LogP contribution in [0.3, 0.4) is 0 Å². The van der Waals surface area contributed by atoms with Crippen molar-refractivity contribution < 1.29 is 13.3 Å². The zero-order valence-corrected chi connectivity index (χ0v) is 72.5. The molecule has 0 saturated heterocycles. The summed E-state index contributed by atoms with van der Waals surface area (Å²) < 4.78 is 19.1. The van der Waals surface area contributed by atoms with E-state index in [1.165, 1.54) is 108 Å². The average molecular weight is 1720 g/mol. The maximum atomic E-state index is 6.52. The molecule has 135 heavy (non-hydrogen) atoms. The molecule has 624 valence electrons. The number of rotatable bonds is 6. The molecule has 0 aliphatic carbocycles. The Morgan fingerprint density at radius 1 is 0.133 bits per heavy atom. The van der Waals surface area contributed by atoms with Gasteiger partial charge in [0.05, 0.1) is 33.6 Å². The lowest BCUT2D eigenvalue weighted by atomic mass is 9.91. The van der Waals surface area contributed by atoms with E-state index in [1.54, 1.807) is 0 Å². The lowest BCUT2D eigenvalue weighted by Gasteiger charge is -2.14. The SMILES string of the molecule is c1ccc(-c2nc(-c3ccc4c(c3)c3ccccc3c3c4ccc4c5ccccc5oc43)nc3ccc4ccccc4c23)cc1.c1ccc(-c2nc(-c3ccc4c(c3)c3ccccc3c3cc5oc6ccccc6c5cc43)nc3ccc4ccccc4c23)cc1.c1ccc(-c2nc(-c3ccc4c(c3)c3ccccc3c3ccc5oc6ccccc6c5c34)nc3ccc4ccccc4c23)cc1. The molecule has 0 N–H and O–H groups in total. The molecule has 30 rings (SSSR count). The summed E-state index contributed by atoms with van der Waals surface area (Å²) in [7, 11) is 0.